The predicted octanol–water partition coefficient (Wildman–Crippen LogP) is 3.00. The largest absolute Gasteiger partial charge is 0.394 e. The van der Waals surface area contributed by atoms with Crippen LogP contribution in [0.4, 0.5) is 4.79 Å². The molecule has 3 rings (SSSR count). The Morgan fingerprint density at radius 2 is 1.73 bits per heavy atom. The molecule has 0 unspecified atom stereocenters. The van der Waals surface area contributed by atoms with E-state index in [1.165, 1.54) is 0 Å². The van der Waals surface area contributed by atoms with E-state index in [0.29, 0.717) is 6.42 Å². The summed E-state index contributed by atoms with van der Waals surface area (Å²) in [5.74, 6) is -0.991. The maximum atomic E-state index is 12.5. The second-order valence-electron chi connectivity index (χ2n) is 6.70. The third-order valence-electron chi connectivity index (χ3n) is 4.42. The molecule has 1 heterocycles. The van der Waals surface area contributed by atoms with Crippen molar-refractivity contribution < 1.29 is 19.5 Å². The van der Waals surface area contributed by atoms with Crippen molar-refractivity contribution in [3.63, 3.8) is 0 Å². The molecule has 30 heavy (non-hydrogen) atoms. The summed E-state index contributed by atoms with van der Waals surface area (Å²) in [6.07, 6.45) is 5.56. The molecular weight excluding hydrogens is 400 g/mol. The summed E-state index contributed by atoms with van der Waals surface area (Å²) < 4.78 is 0. The van der Waals surface area contributed by atoms with Crippen molar-refractivity contribution in [2.75, 3.05) is 13.2 Å². The van der Waals surface area contributed by atoms with Crippen molar-refractivity contribution in [2.24, 2.45) is 0 Å². The highest BCUT2D eigenvalue weighted by Gasteiger charge is 2.36. The van der Waals surface area contributed by atoms with Crippen LogP contribution in [0.5, 0.6) is 0 Å². The Hall–Kier alpha value is -3.16. The molecule has 2 aromatic carbocycles. The first-order valence-electron chi connectivity index (χ1n) is 9.48. The molecule has 1 saturated heterocycles. The number of imide groups is 1. The summed E-state index contributed by atoms with van der Waals surface area (Å²) in [7, 11) is 0. The number of rotatable bonds is 8. The molecule has 0 aliphatic carbocycles. The van der Waals surface area contributed by atoms with Crippen LogP contribution in [0, 0.1) is 0 Å². The van der Waals surface area contributed by atoms with E-state index in [0.717, 1.165) is 27.8 Å². The fourth-order valence-electron chi connectivity index (χ4n) is 2.94. The number of carbonyl (C=O) groups excluding carboxylic acids is 3. The minimum atomic E-state index is -0.499. The van der Waals surface area contributed by atoms with E-state index in [4.69, 9.17) is 0 Å². The summed E-state index contributed by atoms with van der Waals surface area (Å²) in [4.78, 5) is 38.2. The van der Waals surface area contributed by atoms with Crippen LogP contribution in [-0.2, 0) is 16.0 Å². The molecule has 2 N–H and O–H groups in total. The standard InChI is InChI=1S/C23H22N2O4S/c26-16-19(14-18-10-5-2-6-11-18)24-21(27)15-25-22(28)20(30-23(25)29)13-7-12-17-8-3-1-4-9-17/h1-13,19,26H,14-16H2,(H,24,27)/b12-7+,20-13-/t19-/m1/s1. The third-order valence-corrected chi connectivity index (χ3v) is 5.35. The number of hydrogen-bond donors (Lipinski definition) is 2. The molecule has 0 saturated carbocycles. The average Bonchev–Trinajstić information content (AvgIpc) is 3.02. The molecule has 1 fully saturated rings. The minimum Gasteiger partial charge on any atom is -0.394 e. The second kappa shape index (κ2) is 10.6. The number of nitrogens with zero attached hydrogens (tertiary/aromatic N) is 1. The molecule has 2 aromatic rings. The van der Waals surface area contributed by atoms with Crippen molar-refractivity contribution in [3.05, 3.63) is 88.8 Å². The molecular formula is C23H22N2O4S. The number of nitrogens with one attached hydrogen (secondary N) is 1. The van der Waals surface area contributed by atoms with E-state index >= 15 is 0 Å². The van der Waals surface area contributed by atoms with Crippen LogP contribution in [0.3, 0.4) is 0 Å². The first-order chi connectivity index (χ1) is 14.6. The molecule has 0 radical (unpaired) electrons. The smallest absolute Gasteiger partial charge is 0.294 e. The normalized spacial score (nSPS) is 16.4. The summed E-state index contributed by atoms with van der Waals surface area (Å²) in [6, 6.07) is 18.5. The number of carbonyl (C=O) groups is 3. The number of benzene rings is 2. The van der Waals surface area contributed by atoms with E-state index < -0.39 is 23.1 Å². The Bertz CT molecular complexity index is 958. The van der Waals surface area contributed by atoms with Gasteiger partial charge in [-0.2, -0.15) is 0 Å². The maximum absolute atomic E-state index is 12.5. The van der Waals surface area contributed by atoms with Gasteiger partial charge in [-0.05, 0) is 35.4 Å². The van der Waals surface area contributed by atoms with E-state index in [-0.39, 0.29) is 18.1 Å². The number of hydrogen-bond acceptors (Lipinski definition) is 5. The molecule has 7 heteroatoms. The SMILES string of the molecule is O=C(CN1C(=O)S/C(=C\C=C\c2ccccc2)C1=O)N[C@@H](CO)Cc1ccccc1. The predicted molar refractivity (Wildman–Crippen MR) is 117 cm³/mol. The number of aliphatic hydroxyl groups excluding tert-OH is 1. The fraction of sp³-hybridized carbons (Fsp3) is 0.174. The lowest BCUT2D eigenvalue weighted by Gasteiger charge is -2.18. The Morgan fingerprint density at radius 1 is 1.07 bits per heavy atom. The zero-order valence-electron chi connectivity index (χ0n) is 16.2. The monoisotopic (exact) mass is 422 g/mol. The summed E-state index contributed by atoms with van der Waals surface area (Å²) >= 11 is 0.804. The molecule has 1 aliphatic heterocycles. The van der Waals surface area contributed by atoms with Crippen LogP contribution in [-0.4, -0.2) is 46.3 Å². The maximum Gasteiger partial charge on any atom is 0.294 e. The molecule has 1 aliphatic rings. The van der Waals surface area contributed by atoms with Gasteiger partial charge < -0.3 is 10.4 Å². The van der Waals surface area contributed by atoms with Crippen molar-refractivity contribution in [1.29, 1.82) is 0 Å². The van der Waals surface area contributed by atoms with Gasteiger partial charge in [0.05, 0.1) is 17.6 Å². The van der Waals surface area contributed by atoms with E-state index in [1.807, 2.05) is 66.7 Å². The second-order valence-corrected chi connectivity index (χ2v) is 7.69. The third kappa shape index (κ3) is 5.92. The molecule has 3 amide bonds. The van der Waals surface area contributed by atoms with Gasteiger partial charge in [0.15, 0.2) is 0 Å². The Labute approximate surface area is 179 Å². The fourth-order valence-corrected chi connectivity index (χ4v) is 3.73. The topological polar surface area (TPSA) is 86.7 Å². The van der Waals surface area contributed by atoms with Crippen LogP contribution >= 0.6 is 11.8 Å². The van der Waals surface area contributed by atoms with Crippen LogP contribution in [0.1, 0.15) is 11.1 Å². The van der Waals surface area contributed by atoms with Crippen LogP contribution < -0.4 is 5.32 Å². The van der Waals surface area contributed by atoms with Crippen molar-refractivity contribution >= 4 is 34.9 Å². The van der Waals surface area contributed by atoms with Gasteiger partial charge in [-0.25, -0.2) is 0 Å². The lowest BCUT2D eigenvalue weighted by Crippen LogP contribution is -2.45. The zero-order chi connectivity index (χ0) is 21.3. The van der Waals surface area contributed by atoms with E-state index in [9.17, 15) is 19.5 Å². The first-order valence-corrected chi connectivity index (χ1v) is 10.3. The Morgan fingerprint density at radius 3 is 2.40 bits per heavy atom. The Balaban J connectivity index is 1.57. The summed E-state index contributed by atoms with van der Waals surface area (Å²) in [6.45, 7) is -0.623. The molecule has 0 bridgehead atoms. The van der Waals surface area contributed by atoms with Gasteiger partial charge >= 0.3 is 0 Å². The molecule has 0 spiro atoms. The van der Waals surface area contributed by atoms with Crippen molar-refractivity contribution in [2.45, 2.75) is 12.5 Å². The highest BCUT2D eigenvalue weighted by molar-refractivity contribution is 8.18. The lowest BCUT2D eigenvalue weighted by atomic mass is 10.1. The van der Waals surface area contributed by atoms with Gasteiger partial charge in [0.1, 0.15) is 6.54 Å². The number of thioether (sulfide) groups is 1. The van der Waals surface area contributed by atoms with Crippen molar-refractivity contribution in [1.82, 2.24) is 10.2 Å². The zero-order valence-corrected chi connectivity index (χ0v) is 17.0. The van der Waals surface area contributed by atoms with Gasteiger partial charge in [0.25, 0.3) is 11.1 Å². The quantitative estimate of drug-likeness (QED) is 0.639. The highest BCUT2D eigenvalue weighted by Crippen LogP contribution is 2.30. The highest BCUT2D eigenvalue weighted by atomic mass is 32.2. The molecule has 154 valence electrons. The van der Waals surface area contributed by atoms with Gasteiger partial charge in [0, 0.05) is 0 Å². The van der Waals surface area contributed by atoms with Gasteiger partial charge in [0.2, 0.25) is 5.91 Å². The van der Waals surface area contributed by atoms with E-state index in [1.54, 1.807) is 12.2 Å². The average molecular weight is 423 g/mol. The molecule has 0 aromatic heterocycles. The van der Waals surface area contributed by atoms with Gasteiger partial charge in [-0.1, -0.05) is 72.8 Å². The van der Waals surface area contributed by atoms with E-state index in [2.05, 4.69) is 5.32 Å². The molecule has 6 nitrogen and oxygen atoms in total. The number of allylic oxidation sites excluding steroid dienone is 2. The Kier molecular flexibility index (Phi) is 7.59. The lowest BCUT2D eigenvalue weighted by molar-refractivity contribution is -0.129. The van der Waals surface area contributed by atoms with Crippen molar-refractivity contribution in [3.8, 4) is 0 Å². The van der Waals surface area contributed by atoms with Gasteiger partial charge in [-0.15, -0.1) is 0 Å². The van der Waals surface area contributed by atoms with Gasteiger partial charge in [-0.3, -0.25) is 19.3 Å². The first kappa shape index (κ1) is 21.5. The number of aliphatic hydroxyl groups is 1. The summed E-state index contributed by atoms with van der Waals surface area (Å²) in [5, 5.41) is 11.7. The molecule has 1 atom stereocenters. The summed E-state index contributed by atoms with van der Waals surface area (Å²) in [5.41, 5.74) is 1.94. The van der Waals surface area contributed by atoms with Crippen LogP contribution in [0.2, 0.25) is 0 Å². The van der Waals surface area contributed by atoms with Crippen LogP contribution in [0.15, 0.2) is 77.7 Å². The van der Waals surface area contributed by atoms with Crippen LogP contribution in [0.25, 0.3) is 6.08 Å². The minimum absolute atomic E-state index is 0.243. The number of amides is 3.